The van der Waals surface area contributed by atoms with Gasteiger partial charge >= 0.3 is 5.97 Å². The van der Waals surface area contributed by atoms with Crippen molar-refractivity contribution in [3.8, 4) is 22.6 Å². The molecule has 4 N–H and O–H groups in total. The van der Waals surface area contributed by atoms with Crippen molar-refractivity contribution in [3.05, 3.63) is 64.0 Å². The number of phenolic OH excluding ortho intramolecular Hbond substituents is 1. The van der Waals surface area contributed by atoms with Crippen LogP contribution < -0.4 is 10.5 Å². The van der Waals surface area contributed by atoms with E-state index >= 15 is 0 Å². The second-order valence-electron chi connectivity index (χ2n) is 5.76. The molecule has 0 saturated heterocycles. The van der Waals surface area contributed by atoms with Gasteiger partial charge < -0.3 is 20.7 Å². The number of nitrogen functional groups attached to an aromatic ring is 1. The summed E-state index contributed by atoms with van der Waals surface area (Å²) in [6, 6.07) is 7.41. The number of aryl methyl sites for hydroxylation is 1. The Kier molecular flexibility index (Phi) is 6.89. The molecule has 3 aromatic rings. The standard InChI is InChI=1S/C12H9F2NO2S.C8H8O3/c1-5-2-3-6(10(14)9(5)13)7-4-18-11(15)8(7)12(16)17;1-11-8-4-2-3-7(10)6(8)5-9/h2-4H,15H2,1H3,(H,16,17);2-5,10H,1H3. The summed E-state index contributed by atoms with van der Waals surface area (Å²) in [5, 5.41) is 19.6. The van der Waals surface area contributed by atoms with Crippen LogP contribution in [0.5, 0.6) is 11.5 Å². The van der Waals surface area contributed by atoms with Crippen LogP contribution in [0.3, 0.4) is 0 Å². The lowest BCUT2D eigenvalue weighted by atomic mass is 10.0. The van der Waals surface area contributed by atoms with Gasteiger partial charge in [0.2, 0.25) is 0 Å². The summed E-state index contributed by atoms with van der Waals surface area (Å²) >= 11 is 0.981. The quantitative estimate of drug-likeness (QED) is 0.535. The monoisotopic (exact) mass is 421 g/mol. The van der Waals surface area contributed by atoms with Gasteiger partial charge in [0.1, 0.15) is 22.1 Å². The van der Waals surface area contributed by atoms with Crippen molar-refractivity contribution >= 4 is 28.6 Å². The first-order chi connectivity index (χ1) is 13.7. The lowest BCUT2D eigenvalue weighted by Crippen LogP contribution is -2.02. The van der Waals surface area contributed by atoms with Gasteiger partial charge in [-0.05, 0) is 24.6 Å². The first-order valence-electron chi connectivity index (χ1n) is 8.09. The zero-order valence-corrected chi connectivity index (χ0v) is 16.2. The van der Waals surface area contributed by atoms with Gasteiger partial charge in [-0.3, -0.25) is 4.79 Å². The summed E-state index contributed by atoms with van der Waals surface area (Å²) in [5.74, 6) is -2.97. The van der Waals surface area contributed by atoms with E-state index in [4.69, 9.17) is 20.7 Å². The fourth-order valence-electron chi connectivity index (χ4n) is 2.47. The Labute approximate surface area is 168 Å². The Morgan fingerprint density at radius 2 is 1.86 bits per heavy atom. The van der Waals surface area contributed by atoms with Gasteiger partial charge in [-0.15, -0.1) is 11.3 Å². The van der Waals surface area contributed by atoms with Gasteiger partial charge in [0.25, 0.3) is 0 Å². The Morgan fingerprint density at radius 3 is 2.41 bits per heavy atom. The topological polar surface area (TPSA) is 110 Å². The second kappa shape index (κ2) is 9.16. The van der Waals surface area contributed by atoms with E-state index in [0.29, 0.717) is 12.0 Å². The number of anilines is 1. The maximum absolute atomic E-state index is 13.8. The molecule has 0 amide bonds. The van der Waals surface area contributed by atoms with E-state index in [-0.39, 0.29) is 38.6 Å². The highest BCUT2D eigenvalue weighted by Gasteiger charge is 2.22. The van der Waals surface area contributed by atoms with E-state index in [0.717, 1.165) is 11.3 Å². The number of hydrogen-bond donors (Lipinski definition) is 3. The predicted molar refractivity (Wildman–Crippen MR) is 106 cm³/mol. The van der Waals surface area contributed by atoms with Crippen LogP contribution in [-0.2, 0) is 0 Å². The second-order valence-corrected chi connectivity index (χ2v) is 6.67. The van der Waals surface area contributed by atoms with Crippen molar-refractivity contribution in [2.75, 3.05) is 12.8 Å². The van der Waals surface area contributed by atoms with Crippen molar-refractivity contribution in [1.82, 2.24) is 0 Å². The Morgan fingerprint density at radius 1 is 1.17 bits per heavy atom. The average Bonchev–Trinajstić information content (AvgIpc) is 3.08. The summed E-state index contributed by atoms with van der Waals surface area (Å²) in [6.07, 6.45) is 0.564. The lowest BCUT2D eigenvalue weighted by molar-refractivity contribution is 0.0699. The van der Waals surface area contributed by atoms with E-state index in [2.05, 4.69) is 0 Å². The largest absolute Gasteiger partial charge is 0.507 e. The molecular weight excluding hydrogens is 404 g/mol. The maximum atomic E-state index is 13.8. The van der Waals surface area contributed by atoms with Gasteiger partial charge in [0.15, 0.2) is 17.9 Å². The minimum atomic E-state index is -1.26. The fourth-order valence-corrected chi connectivity index (χ4v) is 3.28. The van der Waals surface area contributed by atoms with Gasteiger partial charge in [-0.25, -0.2) is 13.6 Å². The molecule has 3 rings (SSSR count). The first-order valence-corrected chi connectivity index (χ1v) is 8.97. The number of benzene rings is 2. The third-order valence-corrected chi connectivity index (χ3v) is 4.79. The number of thiophene rings is 1. The molecule has 0 radical (unpaired) electrons. The smallest absolute Gasteiger partial charge is 0.339 e. The molecule has 0 spiro atoms. The van der Waals surface area contributed by atoms with Crippen molar-refractivity contribution < 1.29 is 33.3 Å². The van der Waals surface area contributed by atoms with Crippen LogP contribution in [-0.4, -0.2) is 29.6 Å². The van der Waals surface area contributed by atoms with Crippen LogP contribution in [0.1, 0.15) is 26.3 Å². The molecule has 0 atom stereocenters. The van der Waals surface area contributed by atoms with Crippen molar-refractivity contribution in [2.24, 2.45) is 0 Å². The molecule has 152 valence electrons. The molecule has 0 saturated carbocycles. The Balaban J connectivity index is 0.000000234. The summed E-state index contributed by atoms with van der Waals surface area (Å²) < 4.78 is 32.1. The molecule has 0 unspecified atom stereocenters. The van der Waals surface area contributed by atoms with E-state index in [1.165, 1.54) is 37.6 Å². The molecule has 1 aromatic heterocycles. The van der Waals surface area contributed by atoms with E-state index < -0.39 is 17.6 Å². The lowest BCUT2D eigenvalue weighted by Gasteiger charge is -2.06. The summed E-state index contributed by atoms with van der Waals surface area (Å²) in [7, 11) is 1.45. The normalized spacial score (nSPS) is 10.1. The van der Waals surface area contributed by atoms with Crippen LogP contribution >= 0.6 is 11.3 Å². The number of carbonyl (C=O) groups excluding carboxylic acids is 1. The minimum Gasteiger partial charge on any atom is -0.507 e. The maximum Gasteiger partial charge on any atom is 0.339 e. The van der Waals surface area contributed by atoms with E-state index in [9.17, 15) is 18.4 Å². The third-order valence-electron chi connectivity index (χ3n) is 3.98. The van der Waals surface area contributed by atoms with Gasteiger partial charge in [0, 0.05) is 16.5 Å². The highest BCUT2D eigenvalue weighted by atomic mass is 32.1. The van der Waals surface area contributed by atoms with Crippen LogP contribution in [0.15, 0.2) is 35.7 Å². The number of halogens is 2. The number of phenols is 1. The number of aromatic hydroxyl groups is 1. The van der Waals surface area contributed by atoms with Gasteiger partial charge in [-0.1, -0.05) is 18.2 Å². The number of aromatic carboxylic acids is 1. The molecule has 0 aliphatic carbocycles. The van der Waals surface area contributed by atoms with Crippen LogP contribution in [0, 0.1) is 18.6 Å². The molecule has 0 bridgehead atoms. The van der Waals surface area contributed by atoms with E-state index in [1.54, 1.807) is 12.1 Å². The van der Waals surface area contributed by atoms with Crippen molar-refractivity contribution in [1.29, 1.82) is 0 Å². The Bertz CT molecular complexity index is 1070. The number of ether oxygens (including phenoxy) is 1. The number of nitrogens with two attached hydrogens (primary N) is 1. The Hall–Kier alpha value is -3.46. The fraction of sp³-hybridized carbons (Fsp3) is 0.100. The molecule has 9 heteroatoms. The number of aldehydes is 1. The van der Waals surface area contributed by atoms with E-state index in [1.807, 2.05) is 0 Å². The zero-order chi connectivity index (χ0) is 21.7. The molecule has 1 heterocycles. The third kappa shape index (κ3) is 4.52. The van der Waals surface area contributed by atoms with Crippen molar-refractivity contribution in [2.45, 2.75) is 6.92 Å². The molecule has 0 aliphatic heterocycles. The van der Waals surface area contributed by atoms with Crippen molar-refractivity contribution in [3.63, 3.8) is 0 Å². The predicted octanol–water partition coefficient (Wildman–Crippen LogP) is 4.50. The zero-order valence-electron chi connectivity index (χ0n) is 15.4. The molecule has 0 fully saturated rings. The van der Waals surface area contributed by atoms with Crippen LogP contribution in [0.4, 0.5) is 13.8 Å². The highest BCUT2D eigenvalue weighted by Crippen LogP contribution is 2.36. The first kappa shape index (κ1) is 21.8. The van der Waals surface area contributed by atoms with Crippen LogP contribution in [0.2, 0.25) is 0 Å². The molecule has 2 aromatic carbocycles. The number of carboxylic acids is 1. The number of carbonyl (C=O) groups is 2. The summed E-state index contributed by atoms with van der Waals surface area (Å²) in [6.45, 7) is 1.43. The highest BCUT2D eigenvalue weighted by molar-refractivity contribution is 7.14. The summed E-state index contributed by atoms with van der Waals surface area (Å²) in [5.41, 5.74) is 5.68. The summed E-state index contributed by atoms with van der Waals surface area (Å²) in [4.78, 5) is 21.4. The molecule has 29 heavy (non-hydrogen) atoms. The number of methoxy groups -OCH3 is 1. The molecular formula is C20H17F2NO5S. The minimum absolute atomic E-state index is 0.0562. The number of carboxylic acid groups (broad SMARTS) is 1. The number of rotatable bonds is 4. The number of hydrogen-bond acceptors (Lipinski definition) is 6. The van der Waals surface area contributed by atoms with Gasteiger partial charge in [-0.2, -0.15) is 0 Å². The SMILES string of the molecule is COc1cccc(O)c1C=O.Cc1ccc(-c2csc(N)c2C(=O)O)c(F)c1F. The molecule has 0 aliphatic rings. The molecule has 6 nitrogen and oxygen atoms in total. The van der Waals surface area contributed by atoms with Gasteiger partial charge in [0.05, 0.1) is 12.7 Å². The average molecular weight is 421 g/mol. The van der Waals surface area contributed by atoms with Crippen LogP contribution in [0.25, 0.3) is 11.1 Å².